The van der Waals surface area contributed by atoms with Gasteiger partial charge >= 0.3 is 5.69 Å². The number of carbonyl (C=O) groups excluding carboxylic acids is 1. The van der Waals surface area contributed by atoms with Gasteiger partial charge in [-0.25, -0.2) is 0 Å². The predicted octanol–water partition coefficient (Wildman–Crippen LogP) is 3.58. The fourth-order valence-corrected chi connectivity index (χ4v) is 2.53. The number of rotatable bonds is 6. The van der Waals surface area contributed by atoms with Gasteiger partial charge < -0.3 is 9.47 Å². The largest absolute Gasteiger partial charge is 0.496 e. The molecule has 0 unspecified atom stereocenters. The summed E-state index contributed by atoms with van der Waals surface area (Å²) in [5, 5.41) is 11.0. The normalized spacial score (nSPS) is 10.2. The fraction of sp³-hybridized carbons (Fsp3) is 0.154. The number of thiophene rings is 1. The number of nitro benzene ring substituents is 1. The third-order valence-electron chi connectivity index (χ3n) is 2.57. The van der Waals surface area contributed by atoms with E-state index in [4.69, 9.17) is 21.1 Å². The molecule has 0 aliphatic carbocycles. The molecule has 0 atom stereocenters. The lowest BCUT2D eigenvalue weighted by Gasteiger charge is -2.07. The highest BCUT2D eigenvalue weighted by Gasteiger charge is 2.18. The van der Waals surface area contributed by atoms with Crippen LogP contribution in [-0.4, -0.2) is 24.4 Å². The zero-order chi connectivity index (χ0) is 15.4. The summed E-state index contributed by atoms with van der Waals surface area (Å²) in [7, 11) is 1.41. The van der Waals surface area contributed by atoms with E-state index in [0.29, 0.717) is 15.0 Å². The number of hydrogen-bond acceptors (Lipinski definition) is 6. The molecule has 0 fully saturated rings. The van der Waals surface area contributed by atoms with Gasteiger partial charge in [-0.05, 0) is 24.3 Å². The Morgan fingerprint density at radius 1 is 1.38 bits per heavy atom. The summed E-state index contributed by atoms with van der Waals surface area (Å²) in [6.45, 7) is -0.302. The minimum atomic E-state index is -0.593. The summed E-state index contributed by atoms with van der Waals surface area (Å²) in [4.78, 5) is 22.7. The van der Waals surface area contributed by atoms with Crippen LogP contribution in [0.25, 0.3) is 0 Å². The van der Waals surface area contributed by atoms with Crippen molar-refractivity contribution in [1.29, 1.82) is 0 Å². The molecule has 0 amide bonds. The van der Waals surface area contributed by atoms with Gasteiger partial charge in [0.15, 0.2) is 12.4 Å². The summed E-state index contributed by atoms with van der Waals surface area (Å²) in [6.07, 6.45) is 0. The van der Waals surface area contributed by atoms with Gasteiger partial charge in [-0.1, -0.05) is 11.6 Å². The minimum Gasteiger partial charge on any atom is -0.496 e. The Kier molecular flexibility index (Phi) is 4.77. The van der Waals surface area contributed by atoms with Crippen LogP contribution in [0, 0.1) is 10.1 Å². The van der Waals surface area contributed by atoms with Crippen molar-refractivity contribution in [3.8, 4) is 11.5 Å². The molecule has 21 heavy (non-hydrogen) atoms. The van der Waals surface area contributed by atoms with Crippen molar-refractivity contribution in [3.05, 3.63) is 49.7 Å². The molecule has 0 aliphatic rings. The van der Waals surface area contributed by atoms with Crippen LogP contribution < -0.4 is 9.47 Å². The van der Waals surface area contributed by atoms with Crippen molar-refractivity contribution < 1.29 is 19.2 Å². The molecule has 0 radical (unpaired) electrons. The maximum absolute atomic E-state index is 11.9. The van der Waals surface area contributed by atoms with E-state index < -0.39 is 4.92 Å². The summed E-state index contributed by atoms with van der Waals surface area (Å²) < 4.78 is 10.7. The molecule has 1 aromatic carbocycles. The van der Waals surface area contributed by atoms with Gasteiger partial charge in [-0.15, -0.1) is 11.3 Å². The third-order valence-corrected chi connectivity index (χ3v) is 3.84. The van der Waals surface area contributed by atoms with Gasteiger partial charge in [0.25, 0.3) is 0 Å². The molecular formula is C13H10ClNO5S. The van der Waals surface area contributed by atoms with E-state index in [-0.39, 0.29) is 23.8 Å². The van der Waals surface area contributed by atoms with Gasteiger partial charge in [0.05, 0.1) is 27.3 Å². The van der Waals surface area contributed by atoms with Crippen LogP contribution in [0.5, 0.6) is 11.5 Å². The van der Waals surface area contributed by atoms with Crippen molar-refractivity contribution in [3.63, 3.8) is 0 Å². The van der Waals surface area contributed by atoms with Crippen LogP contribution >= 0.6 is 22.9 Å². The number of hydrogen-bond donors (Lipinski definition) is 0. The lowest BCUT2D eigenvalue weighted by molar-refractivity contribution is -0.385. The Bertz CT molecular complexity index is 685. The number of carbonyl (C=O) groups is 1. The highest BCUT2D eigenvalue weighted by molar-refractivity contribution is 7.18. The molecule has 0 N–H and O–H groups in total. The zero-order valence-electron chi connectivity index (χ0n) is 10.9. The van der Waals surface area contributed by atoms with Crippen molar-refractivity contribution >= 4 is 34.4 Å². The molecule has 110 valence electrons. The van der Waals surface area contributed by atoms with Gasteiger partial charge in [0.1, 0.15) is 5.75 Å². The third kappa shape index (κ3) is 3.71. The topological polar surface area (TPSA) is 78.7 Å². The van der Waals surface area contributed by atoms with Crippen molar-refractivity contribution in [2.45, 2.75) is 0 Å². The van der Waals surface area contributed by atoms with Crippen LogP contribution in [0.4, 0.5) is 5.69 Å². The molecule has 8 heteroatoms. The maximum atomic E-state index is 11.9. The molecule has 6 nitrogen and oxygen atoms in total. The van der Waals surface area contributed by atoms with Crippen LogP contribution in [0.15, 0.2) is 30.3 Å². The van der Waals surface area contributed by atoms with Gasteiger partial charge in [0.2, 0.25) is 5.78 Å². The second-order valence-electron chi connectivity index (χ2n) is 3.91. The number of halogens is 1. The summed E-state index contributed by atoms with van der Waals surface area (Å²) in [6, 6.07) is 7.35. The van der Waals surface area contributed by atoms with Gasteiger partial charge in [0, 0.05) is 0 Å². The molecule has 0 saturated carbocycles. The number of ketones is 1. The molecule has 0 aliphatic heterocycles. The van der Waals surface area contributed by atoms with Crippen molar-refractivity contribution in [2.24, 2.45) is 0 Å². The number of methoxy groups -OCH3 is 1. The van der Waals surface area contributed by atoms with Crippen LogP contribution in [0.1, 0.15) is 9.67 Å². The first-order valence-electron chi connectivity index (χ1n) is 5.75. The van der Waals surface area contributed by atoms with Gasteiger partial charge in [-0.2, -0.15) is 0 Å². The summed E-state index contributed by atoms with van der Waals surface area (Å²) in [5.74, 6) is 0.0548. The second kappa shape index (κ2) is 6.55. The standard InChI is InChI=1S/C13H10ClNO5S/c1-19-8-2-3-11(9(6-8)15(17)18)20-7-10(16)12-4-5-13(14)21-12/h2-6H,7H2,1H3. The lowest BCUT2D eigenvalue weighted by Crippen LogP contribution is -2.11. The molecule has 2 aromatic rings. The Morgan fingerprint density at radius 3 is 2.71 bits per heavy atom. The first kappa shape index (κ1) is 15.3. The molecule has 0 spiro atoms. The SMILES string of the molecule is COc1ccc(OCC(=O)c2ccc(Cl)s2)c([N+](=O)[O-])c1. The predicted molar refractivity (Wildman–Crippen MR) is 78.8 cm³/mol. The Morgan fingerprint density at radius 2 is 2.14 bits per heavy atom. The number of benzene rings is 1. The summed E-state index contributed by atoms with van der Waals surface area (Å²) >= 11 is 6.87. The number of nitrogens with zero attached hydrogens (tertiary/aromatic N) is 1. The first-order chi connectivity index (χ1) is 10.0. The fourth-order valence-electron chi connectivity index (χ4n) is 1.57. The average molecular weight is 328 g/mol. The molecular weight excluding hydrogens is 318 g/mol. The van der Waals surface area contributed by atoms with E-state index in [2.05, 4.69) is 0 Å². The number of Topliss-reactive ketones (excluding diaryl/α,β-unsaturated/α-hetero) is 1. The second-order valence-corrected chi connectivity index (χ2v) is 5.62. The number of ether oxygens (including phenoxy) is 2. The molecule has 1 heterocycles. The van der Waals surface area contributed by atoms with E-state index in [9.17, 15) is 14.9 Å². The Balaban J connectivity index is 2.12. The first-order valence-corrected chi connectivity index (χ1v) is 6.94. The van der Waals surface area contributed by atoms with E-state index in [1.54, 1.807) is 12.1 Å². The number of nitro groups is 1. The van der Waals surface area contributed by atoms with Crippen molar-refractivity contribution in [2.75, 3.05) is 13.7 Å². The molecule has 1 aromatic heterocycles. The molecule has 0 bridgehead atoms. The van der Waals surface area contributed by atoms with Crippen molar-refractivity contribution in [1.82, 2.24) is 0 Å². The van der Waals surface area contributed by atoms with E-state index >= 15 is 0 Å². The highest BCUT2D eigenvalue weighted by atomic mass is 35.5. The van der Waals surface area contributed by atoms with Gasteiger partial charge in [-0.3, -0.25) is 14.9 Å². The minimum absolute atomic E-state index is 0.0109. The summed E-state index contributed by atoms with van der Waals surface area (Å²) in [5.41, 5.74) is -0.258. The maximum Gasteiger partial charge on any atom is 0.314 e. The monoisotopic (exact) mass is 327 g/mol. The van der Waals surface area contributed by atoms with E-state index in [1.807, 2.05) is 0 Å². The quantitative estimate of drug-likeness (QED) is 0.460. The smallest absolute Gasteiger partial charge is 0.314 e. The van der Waals surface area contributed by atoms with Crippen LogP contribution in [0.2, 0.25) is 4.34 Å². The van der Waals surface area contributed by atoms with E-state index in [0.717, 1.165) is 11.3 Å². The highest BCUT2D eigenvalue weighted by Crippen LogP contribution is 2.31. The Hall–Kier alpha value is -2.12. The van der Waals surface area contributed by atoms with Crippen LogP contribution in [-0.2, 0) is 0 Å². The Labute approximate surface area is 129 Å². The molecule has 0 saturated heterocycles. The molecule has 2 rings (SSSR count). The van der Waals surface area contributed by atoms with E-state index in [1.165, 1.54) is 25.3 Å². The zero-order valence-corrected chi connectivity index (χ0v) is 12.4. The van der Waals surface area contributed by atoms with Crippen LogP contribution in [0.3, 0.4) is 0 Å². The lowest BCUT2D eigenvalue weighted by atomic mass is 10.2. The average Bonchev–Trinajstić information content (AvgIpc) is 2.91.